The van der Waals surface area contributed by atoms with E-state index >= 15 is 0 Å². The zero-order chi connectivity index (χ0) is 15.3. The Hall–Kier alpha value is -0.780. The lowest BCUT2D eigenvalue weighted by molar-refractivity contribution is 0.0207. The first kappa shape index (κ1) is 16.6. The number of rotatable bonds is 7. The van der Waals surface area contributed by atoms with Crippen LogP contribution < -0.4 is 14.8 Å². The van der Waals surface area contributed by atoms with E-state index in [1.165, 1.54) is 0 Å². The van der Waals surface area contributed by atoms with Gasteiger partial charge in [0.25, 0.3) is 0 Å². The summed E-state index contributed by atoms with van der Waals surface area (Å²) in [5, 5.41) is 3.47. The number of hydrogen-bond acceptors (Lipinski definition) is 4. The monoisotopic (exact) mass is 357 g/mol. The minimum absolute atomic E-state index is 0.0212. The Morgan fingerprint density at radius 1 is 1.43 bits per heavy atom. The smallest absolute Gasteiger partial charge is 0.175 e. The van der Waals surface area contributed by atoms with Crippen LogP contribution in [0.3, 0.4) is 0 Å². The van der Waals surface area contributed by atoms with Gasteiger partial charge in [0.05, 0.1) is 23.8 Å². The van der Waals surface area contributed by atoms with Crippen LogP contribution in [0.15, 0.2) is 16.6 Å². The van der Waals surface area contributed by atoms with E-state index in [4.69, 9.17) is 14.2 Å². The molecule has 1 heterocycles. The number of nitrogens with one attached hydrogen (secondary N) is 1. The topological polar surface area (TPSA) is 39.7 Å². The third kappa shape index (κ3) is 4.34. The highest BCUT2D eigenvalue weighted by Gasteiger charge is 2.29. The summed E-state index contributed by atoms with van der Waals surface area (Å²) in [5.74, 6) is 1.51. The van der Waals surface area contributed by atoms with Gasteiger partial charge >= 0.3 is 0 Å². The van der Waals surface area contributed by atoms with Gasteiger partial charge in [0, 0.05) is 19.7 Å². The first-order chi connectivity index (χ1) is 10.1. The van der Waals surface area contributed by atoms with E-state index < -0.39 is 0 Å². The maximum absolute atomic E-state index is 5.78. The van der Waals surface area contributed by atoms with Crippen molar-refractivity contribution in [2.24, 2.45) is 0 Å². The van der Waals surface area contributed by atoms with Gasteiger partial charge in [-0.05, 0) is 60.3 Å². The molecule has 1 atom stereocenters. The van der Waals surface area contributed by atoms with E-state index in [9.17, 15) is 0 Å². The molecule has 0 radical (unpaired) electrons. The first-order valence-electron chi connectivity index (χ1n) is 7.42. The van der Waals surface area contributed by atoms with Crippen molar-refractivity contribution in [2.45, 2.75) is 38.8 Å². The Balaban J connectivity index is 1.98. The van der Waals surface area contributed by atoms with Crippen LogP contribution in [-0.2, 0) is 11.3 Å². The Kier molecular flexibility index (Phi) is 5.90. The molecule has 0 saturated carbocycles. The molecule has 1 aromatic rings. The molecule has 2 rings (SSSR count). The van der Waals surface area contributed by atoms with Crippen molar-refractivity contribution in [2.75, 3.05) is 26.9 Å². The number of ether oxygens (including phenoxy) is 3. The van der Waals surface area contributed by atoms with Gasteiger partial charge in [-0.2, -0.15) is 0 Å². The van der Waals surface area contributed by atoms with Gasteiger partial charge < -0.3 is 19.5 Å². The zero-order valence-corrected chi connectivity index (χ0v) is 14.6. The van der Waals surface area contributed by atoms with Gasteiger partial charge in [0.1, 0.15) is 0 Å². The molecule has 1 aromatic carbocycles. The lowest BCUT2D eigenvalue weighted by atomic mass is 10.0. The van der Waals surface area contributed by atoms with E-state index in [-0.39, 0.29) is 5.60 Å². The van der Waals surface area contributed by atoms with E-state index in [1.807, 2.05) is 13.0 Å². The molecule has 0 bridgehead atoms. The highest BCUT2D eigenvalue weighted by molar-refractivity contribution is 9.10. The molecule has 1 fully saturated rings. The zero-order valence-electron chi connectivity index (χ0n) is 13.0. The highest BCUT2D eigenvalue weighted by Crippen LogP contribution is 2.36. The molecule has 1 aliphatic heterocycles. The fourth-order valence-corrected chi connectivity index (χ4v) is 3.21. The second-order valence-electron chi connectivity index (χ2n) is 5.55. The quantitative estimate of drug-likeness (QED) is 0.810. The molecule has 1 saturated heterocycles. The number of methoxy groups -OCH3 is 1. The summed E-state index contributed by atoms with van der Waals surface area (Å²) in [6.07, 6.45) is 2.27. The van der Waals surface area contributed by atoms with Gasteiger partial charge in [-0.25, -0.2) is 0 Å². The third-order valence-electron chi connectivity index (χ3n) is 3.71. The van der Waals surface area contributed by atoms with E-state index in [0.717, 1.165) is 54.1 Å². The molecule has 0 aromatic heterocycles. The average Bonchev–Trinajstić information content (AvgIpc) is 2.88. The molecular formula is C16H24BrNO3. The van der Waals surface area contributed by atoms with Crippen molar-refractivity contribution in [3.05, 3.63) is 22.2 Å². The molecule has 0 aliphatic carbocycles. The predicted octanol–water partition coefficient (Wildman–Crippen LogP) is 3.52. The van der Waals surface area contributed by atoms with Crippen LogP contribution in [0.5, 0.6) is 11.5 Å². The van der Waals surface area contributed by atoms with Crippen molar-refractivity contribution in [1.82, 2.24) is 5.32 Å². The lowest BCUT2D eigenvalue weighted by Crippen LogP contribution is -2.36. The van der Waals surface area contributed by atoms with Crippen LogP contribution in [0.25, 0.3) is 0 Å². The summed E-state index contributed by atoms with van der Waals surface area (Å²) in [6.45, 7) is 7.26. The van der Waals surface area contributed by atoms with Crippen LogP contribution in [0, 0.1) is 0 Å². The lowest BCUT2D eigenvalue weighted by Gasteiger charge is -2.23. The van der Waals surface area contributed by atoms with Gasteiger partial charge in [-0.15, -0.1) is 0 Å². The molecule has 1 aliphatic rings. The van der Waals surface area contributed by atoms with Crippen LogP contribution in [0.1, 0.15) is 32.3 Å². The van der Waals surface area contributed by atoms with Crippen molar-refractivity contribution in [3.8, 4) is 11.5 Å². The second kappa shape index (κ2) is 7.47. The molecule has 1 unspecified atom stereocenters. The van der Waals surface area contributed by atoms with Gasteiger partial charge in [0.2, 0.25) is 0 Å². The predicted molar refractivity (Wildman–Crippen MR) is 87.2 cm³/mol. The first-order valence-corrected chi connectivity index (χ1v) is 8.21. The van der Waals surface area contributed by atoms with Crippen LogP contribution in [0.4, 0.5) is 0 Å². The van der Waals surface area contributed by atoms with Crippen LogP contribution in [-0.4, -0.2) is 32.5 Å². The summed E-state index contributed by atoms with van der Waals surface area (Å²) in [5.41, 5.74) is 1.14. The van der Waals surface area contributed by atoms with Gasteiger partial charge in [-0.3, -0.25) is 0 Å². The Morgan fingerprint density at radius 3 is 2.86 bits per heavy atom. The summed E-state index contributed by atoms with van der Waals surface area (Å²) in [7, 11) is 1.66. The van der Waals surface area contributed by atoms with Crippen LogP contribution >= 0.6 is 15.9 Å². The average molecular weight is 358 g/mol. The van der Waals surface area contributed by atoms with E-state index in [1.54, 1.807) is 7.11 Å². The second-order valence-corrected chi connectivity index (χ2v) is 6.40. The third-order valence-corrected chi connectivity index (χ3v) is 4.30. The number of benzene rings is 1. The van der Waals surface area contributed by atoms with Gasteiger partial charge in [-0.1, -0.05) is 0 Å². The number of hydrogen-bond donors (Lipinski definition) is 1. The maximum Gasteiger partial charge on any atom is 0.175 e. The summed E-state index contributed by atoms with van der Waals surface area (Å²) in [6, 6.07) is 4.08. The molecule has 1 N–H and O–H groups in total. The molecule has 5 heteroatoms. The van der Waals surface area contributed by atoms with Crippen molar-refractivity contribution in [1.29, 1.82) is 0 Å². The number of halogens is 1. The molecule has 0 amide bonds. The summed E-state index contributed by atoms with van der Waals surface area (Å²) < 4.78 is 17.7. The molecule has 0 spiro atoms. The highest BCUT2D eigenvalue weighted by atomic mass is 79.9. The minimum Gasteiger partial charge on any atom is -0.493 e. The summed E-state index contributed by atoms with van der Waals surface area (Å²) >= 11 is 3.55. The minimum atomic E-state index is -0.0212. The Labute approximate surface area is 135 Å². The van der Waals surface area contributed by atoms with Crippen LogP contribution in [0.2, 0.25) is 0 Å². The SMILES string of the molecule is CCOc1c(Br)cc(CNCC2(C)CCCO2)cc1OC. The Morgan fingerprint density at radius 2 is 2.24 bits per heavy atom. The fraction of sp³-hybridized carbons (Fsp3) is 0.625. The molecular weight excluding hydrogens is 334 g/mol. The fourth-order valence-electron chi connectivity index (χ4n) is 2.61. The van der Waals surface area contributed by atoms with Gasteiger partial charge in [0.15, 0.2) is 11.5 Å². The van der Waals surface area contributed by atoms with E-state index in [2.05, 4.69) is 34.2 Å². The molecule has 118 valence electrons. The largest absolute Gasteiger partial charge is 0.493 e. The van der Waals surface area contributed by atoms with Crippen molar-refractivity contribution >= 4 is 15.9 Å². The summed E-state index contributed by atoms with van der Waals surface area (Å²) in [4.78, 5) is 0. The molecule has 21 heavy (non-hydrogen) atoms. The standard InChI is InChI=1S/C16H24BrNO3/c1-4-20-15-13(17)8-12(9-14(15)19-3)10-18-11-16(2)6-5-7-21-16/h8-9,18H,4-7,10-11H2,1-3H3. The van der Waals surface area contributed by atoms with Crippen molar-refractivity contribution in [3.63, 3.8) is 0 Å². The normalized spacial score (nSPS) is 21.5. The Bertz CT molecular complexity index is 473. The van der Waals surface area contributed by atoms with Crippen molar-refractivity contribution < 1.29 is 14.2 Å². The molecule has 4 nitrogen and oxygen atoms in total. The van der Waals surface area contributed by atoms with E-state index in [0.29, 0.717) is 6.61 Å². The maximum atomic E-state index is 5.78.